The first-order chi connectivity index (χ1) is 9.65. The molecule has 2 aromatic carbocycles. The van der Waals surface area contributed by atoms with Crippen LogP contribution < -0.4 is 10.1 Å². The van der Waals surface area contributed by atoms with E-state index >= 15 is 0 Å². The second-order valence-electron chi connectivity index (χ2n) is 4.42. The number of halogens is 1. The number of aryl methyl sites for hydroxylation is 1. The van der Waals surface area contributed by atoms with Crippen molar-refractivity contribution in [1.82, 2.24) is 0 Å². The quantitative estimate of drug-likeness (QED) is 0.909. The molecule has 0 aliphatic rings. The van der Waals surface area contributed by atoms with Gasteiger partial charge in [0.1, 0.15) is 11.8 Å². The van der Waals surface area contributed by atoms with Gasteiger partial charge < -0.3 is 10.1 Å². The van der Waals surface area contributed by atoms with Crippen LogP contribution in [0.5, 0.6) is 5.75 Å². The second kappa shape index (κ2) is 6.31. The van der Waals surface area contributed by atoms with Crippen LogP contribution in [-0.4, -0.2) is 7.11 Å². The molecule has 0 aliphatic carbocycles. The van der Waals surface area contributed by atoms with E-state index in [9.17, 15) is 5.26 Å². The third-order valence-corrected chi connectivity index (χ3v) is 3.47. The Labute approximate surface area is 123 Å². The zero-order chi connectivity index (χ0) is 14.5. The normalized spacial score (nSPS) is 11.5. The maximum atomic E-state index is 9.37. The fourth-order valence-corrected chi connectivity index (χ4v) is 2.09. The Hall–Kier alpha value is -2.18. The monoisotopic (exact) mass is 286 g/mol. The van der Waals surface area contributed by atoms with Crippen LogP contribution >= 0.6 is 11.6 Å². The molecular weight excluding hydrogens is 272 g/mol. The molecule has 0 spiro atoms. The summed E-state index contributed by atoms with van der Waals surface area (Å²) in [5, 5.41) is 13.2. The smallest absolute Gasteiger partial charge is 0.141 e. The fraction of sp³-hybridized carbons (Fsp3) is 0.188. The lowest BCUT2D eigenvalue weighted by molar-refractivity contribution is 0.416. The summed E-state index contributed by atoms with van der Waals surface area (Å²) in [7, 11) is 1.60. The van der Waals surface area contributed by atoms with Crippen molar-refractivity contribution in [3.05, 3.63) is 58.6 Å². The van der Waals surface area contributed by atoms with Gasteiger partial charge in [0.15, 0.2) is 0 Å². The first-order valence-electron chi connectivity index (χ1n) is 6.21. The van der Waals surface area contributed by atoms with E-state index in [1.54, 1.807) is 7.11 Å². The lowest BCUT2D eigenvalue weighted by Crippen LogP contribution is -2.09. The van der Waals surface area contributed by atoms with Gasteiger partial charge in [-0.05, 0) is 36.2 Å². The summed E-state index contributed by atoms with van der Waals surface area (Å²) >= 11 is 6.11. The number of hydrogen-bond acceptors (Lipinski definition) is 3. The molecule has 102 valence electrons. The van der Waals surface area contributed by atoms with Gasteiger partial charge in [-0.1, -0.05) is 35.9 Å². The Morgan fingerprint density at radius 1 is 1.25 bits per heavy atom. The molecule has 1 atom stereocenters. The van der Waals surface area contributed by atoms with Gasteiger partial charge >= 0.3 is 0 Å². The number of nitriles is 1. The van der Waals surface area contributed by atoms with Gasteiger partial charge in [0.25, 0.3) is 0 Å². The van der Waals surface area contributed by atoms with Crippen molar-refractivity contribution >= 4 is 17.3 Å². The van der Waals surface area contributed by atoms with E-state index in [0.29, 0.717) is 10.8 Å². The van der Waals surface area contributed by atoms with Gasteiger partial charge in [-0.15, -0.1) is 0 Å². The number of rotatable bonds is 4. The van der Waals surface area contributed by atoms with Crippen LogP contribution in [0.4, 0.5) is 5.69 Å². The van der Waals surface area contributed by atoms with E-state index < -0.39 is 6.04 Å². The highest BCUT2D eigenvalue weighted by molar-refractivity contribution is 6.31. The van der Waals surface area contributed by atoms with Gasteiger partial charge in [-0.3, -0.25) is 0 Å². The number of benzene rings is 2. The maximum Gasteiger partial charge on any atom is 0.141 e. The highest BCUT2D eigenvalue weighted by Crippen LogP contribution is 2.29. The molecule has 0 saturated carbocycles. The van der Waals surface area contributed by atoms with Gasteiger partial charge in [-0.2, -0.15) is 5.26 Å². The number of hydrogen-bond donors (Lipinski definition) is 1. The highest BCUT2D eigenvalue weighted by atomic mass is 35.5. The zero-order valence-corrected chi connectivity index (χ0v) is 12.1. The van der Waals surface area contributed by atoms with Crippen LogP contribution in [0.15, 0.2) is 42.5 Å². The largest absolute Gasteiger partial charge is 0.495 e. The molecule has 0 saturated heterocycles. The lowest BCUT2D eigenvalue weighted by Gasteiger charge is -2.16. The third-order valence-electron chi connectivity index (χ3n) is 3.07. The number of para-hydroxylation sites is 2. The standard InChI is InChI=1S/C16H15ClN2O/c1-11-7-8-12(9-13(11)17)15(10-18)19-14-5-3-4-6-16(14)20-2/h3-9,15,19H,1-2H3. The molecule has 1 unspecified atom stereocenters. The Balaban J connectivity index is 2.29. The molecule has 0 bridgehead atoms. The number of ether oxygens (including phenoxy) is 1. The van der Waals surface area contributed by atoms with Crippen molar-refractivity contribution in [3.8, 4) is 11.8 Å². The summed E-state index contributed by atoms with van der Waals surface area (Å²) < 4.78 is 5.27. The third kappa shape index (κ3) is 3.04. The van der Waals surface area contributed by atoms with E-state index in [-0.39, 0.29) is 0 Å². The molecule has 0 amide bonds. The van der Waals surface area contributed by atoms with Crippen LogP contribution in [0.2, 0.25) is 5.02 Å². The maximum absolute atomic E-state index is 9.37. The van der Waals surface area contributed by atoms with Crippen LogP contribution in [-0.2, 0) is 0 Å². The van der Waals surface area contributed by atoms with Gasteiger partial charge in [0, 0.05) is 5.02 Å². The van der Waals surface area contributed by atoms with E-state index in [0.717, 1.165) is 16.8 Å². The van der Waals surface area contributed by atoms with Crippen molar-refractivity contribution in [1.29, 1.82) is 5.26 Å². The van der Waals surface area contributed by atoms with E-state index in [1.165, 1.54) is 0 Å². The first-order valence-corrected chi connectivity index (χ1v) is 6.58. The summed E-state index contributed by atoms with van der Waals surface area (Å²) in [5.74, 6) is 0.700. The Bertz CT molecular complexity index is 649. The van der Waals surface area contributed by atoms with Gasteiger partial charge in [-0.25, -0.2) is 0 Å². The molecule has 2 aromatic rings. The minimum Gasteiger partial charge on any atom is -0.495 e. The number of methoxy groups -OCH3 is 1. The molecule has 0 aromatic heterocycles. The van der Waals surface area contributed by atoms with E-state index in [1.807, 2.05) is 49.4 Å². The molecule has 0 fully saturated rings. The Kier molecular flexibility index (Phi) is 4.49. The molecule has 20 heavy (non-hydrogen) atoms. The molecule has 2 rings (SSSR count). The minimum absolute atomic E-state index is 0.482. The molecule has 1 N–H and O–H groups in total. The van der Waals surface area contributed by atoms with Crippen molar-refractivity contribution in [3.63, 3.8) is 0 Å². The molecular formula is C16H15ClN2O. The van der Waals surface area contributed by atoms with Crippen molar-refractivity contribution < 1.29 is 4.74 Å². The highest BCUT2D eigenvalue weighted by Gasteiger charge is 2.13. The summed E-state index contributed by atoms with van der Waals surface area (Å²) in [6.07, 6.45) is 0. The minimum atomic E-state index is -0.482. The summed E-state index contributed by atoms with van der Waals surface area (Å²) in [4.78, 5) is 0. The predicted molar refractivity (Wildman–Crippen MR) is 81.2 cm³/mol. The number of nitrogens with zero attached hydrogens (tertiary/aromatic N) is 1. The topological polar surface area (TPSA) is 45.0 Å². The second-order valence-corrected chi connectivity index (χ2v) is 4.82. The van der Waals surface area contributed by atoms with Gasteiger partial charge in [0.05, 0.1) is 18.9 Å². The van der Waals surface area contributed by atoms with Crippen molar-refractivity contribution in [2.24, 2.45) is 0 Å². The Morgan fingerprint density at radius 2 is 2.00 bits per heavy atom. The fourth-order valence-electron chi connectivity index (χ4n) is 1.90. The molecule has 0 heterocycles. The Morgan fingerprint density at radius 3 is 2.65 bits per heavy atom. The van der Waals surface area contributed by atoms with Crippen LogP contribution in [0, 0.1) is 18.3 Å². The van der Waals surface area contributed by atoms with Crippen LogP contribution in [0.1, 0.15) is 17.2 Å². The average Bonchev–Trinajstić information content (AvgIpc) is 2.48. The molecule has 4 heteroatoms. The molecule has 0 aliphatic heterocycles. The predicted octanol–water partition coefficient (Wildman–Crippen LogP) is 4.33. The summed E-state index contributed by atoms with van der Waals surface area (Å²) in [6, 6.07) is 14.9. The van der Waals surface area contributed by atoms with Crippen LogP contribution in [0.3, 0.4) is 0 Å². The number of anilines is 1. The molecule has 0 radical (unpaired) electrons. The van der Waals surface area contributed by atoms with E-state index in [4.69, 9.17) is 16.3 Å². The van der Waals surface area contributed by atoms with E-state index in [2.05, 4.69) is 11.4 Å². The average molecular weight is 287 g/mol. The summed E-state index contributed by atoms with van der Waals surface area (Å²) in [5.41, 5.74) is 2.59. The molecule has 3 nitrogen and oxygen atoms in total. The van der Waals surface area contributed by atoms with Crippen molar-refractivity contribution in [2.75, 3.05) is 12.4 Å². The zero-order valence-electron chi connectivity index (χ0n) is 11.4. The van der Waals surface area contributed by atoms with Crippen LogP contribution in [0.25, 0.3) is 0 Å². The lowest BCUT2D eigenvalue weighted by atomic mass is 10.1. The van der Waals surface area contributed by atoms with Crippen molar-refractivity contribution in [2.45, 2.75) is 13.0 Å². The SMILES string of the molecule is COc1ccccc1NC(C#N)c1ccc(C)c(Cl)c1. The number of nitrogens with one attached hydrogen (secondary N) is 1. The van der Waals surface area contributed by atoms with Gasteiger partial charge in [0.2, 0.25) is 0 Å². The summed E-state index contributed by atoms with van der Waals surface area (Å²) in [6.45, 7) is 1.93. The first kappa shape index (κ1) is 14.2.